The summed E-state index contributed by atoms with van der Waals surface area (Å²) in [5, 5.41) is 0.531. The predicted octanol–water partition coefficient (Wildman–Crippen LogP) is 4.72. The van der Waals surface area contributed by atoms with Crippen molar-refractivity contribution in [3.8, 4) is 5.75 Å². The first-order chi connectivity index (χ1) is 9.96. The van der Waals surface area contributed by atoms with Crippen LogP contribution in [-0.4, -0.2) is 18.4 Å². The first-order valence-corrected chi connectivity index (χ1v) is 8.90. The van der Waals surface area contributed by atoms with Crippen molar-refractivity contribution in [1.29, 1.82) is 0 Å². The third kappa shape index (κ3) is 4.17. The van der Waals surface area contributed by atoms with E-state index in [1.807, 2.05) is 23.9 Å². The fourth-order valence-corrected chi connectivity index (χ4v) is 4.40. The molecule has 1 aromatic carbocycles. The van der Waals surface area contributed by atoms with Gasteiger partial charge in [-0.2, -0.15) is 0 Å². The Morgan fingerprint density at radius 1 is 1.24 bits per heavy atom. The minimum Gasteiger partial charge on any atom is -0.497 e. The van der Waals surface area contributed by atoms with Crippen LogP contribution in [-0.2, 0) is 0 Å². The Morgan fingerprint density at radius 2 is 1.90 bits per heavy atom. The Labute approximate surface area is 133 Å². The summed E-state index contributed by atoms with van der Waals surface area (Å²) in [6.45, 7) is 7.12. The predicted molar refractivity (Wildman–Crippen MR) is 92.0 cm³/mol. The van der Waals surface area contributed by atoms with Crippen molar-refractivity contribution in [2.24, 2.45) is 17.1 Å². The minimum atomic E-state index is 0.320. The molecule has 3 atom stereocenters. The molecule has 1 aromatic rings. The van der Waals surface area contributed by atoms with Gasteiger partial charge in [-0.05, 0) is 54.9 Å². The zero-order chi connectivity index (χ0) is 15.5. The van der Waals surface area contributed by atoms with Gasteiger partial charge in [0.1, 0.15) is 5.75 Å². The van der Waals surface area contributed by atoms with Gasteiger partial charge in [-0.3, -0.25) is 0 Å². The largest absolute Gasteiger partial charge is 0.497 e. The molecule has 0 heterocycles. The second kappa shape index (κ2) is 7.06. The standard InChI is InChI=1S/C18H29NOS/c1-5-18(2,3)13-6-11-16(19)17(12-13)21-15-9-7-14(20-4)8-10-15/h7-10,13,16-17H,5-6,11-12,19H2,1-4H3. The fraction of sp³-hybridized carbons (Fsp3) is 0.667. The molecule has 0 aliphatic heterocycles. The van der Waals surface area contributed by atoms with Gasteiger partial charge in [0.2, 0.25) is 0 Å². The van der Waals surface area contributed by atoms with Crippen molar-refractivity contribution < 1.29 is 4.74 Å². The summed E-state index contributed by atoms with van der Waals surface area (Å²) < 4.78 is 5.22. The fourth-order valence-electron chi connectivity index (χ4n) is 3.12. The molecular formula is C18H29NOS. The van der Waals surface area contributed by atoms with Crippen LogP contribution in [0.15, 0.2) is 29.2 Å². The summed E-state index contributed by atoms with van der Waals surface area (Å²) >= 11 is 1.94. The number of hydrogen-bond acceptors (Lipinski definition) is 3. The normalized spacial score (nSPS) is 26.6. The number of benzene rings is 1. The van der Waals surface area contributed by atoms with E-state index in [4.69, 9.17) is 10.5 Å². The molecular weight excluding hydrogens is 278 g/mol. The summed E-state index contributed by atoms with van der Waals surface area (Å²) in [5.41, 5.74) is 6.81. The topological polar surface area (TPSA) is 35.2 Å². The van der Waals surface area contributed by atoms with Crippen molar-refractivity contribution >= 4 is 11.8 Å². The van der Waals surface area contributed by atoms with Crippen molar-refractivity contribution in [3.63, 3.8) is 0 Å². The number of thioether (sulfide) groups is 1. The maximum atomic E-state index is 6.38. The number of rotatable bonds is 5. The average Bonchev–Trinajstić information content (AvgIpc) is 2.50. The van der Waals surface area contributed by atoms with Crippen LogP contribution in [0.4, 0.5) is 0 Å². The van der Waals surface area contributed by atoms with Crippen LogP contribution in [0.2, 0.25) is 0 Å². The highest BCUT2D eigenvalue weighted by atomic mass is 32.2. The van der Waals surface area contributed by atoms with Crippen LogP contribution in [0.5, 0.6) is 5.75 Å². The lowest BCUT2D eigenvalue weighted by Crippen LogP contribution is -2.42. The minimum absolute atomic E-state index is 0.320. The third-order valence-corrected chi connectivity index (χ3v) is 6.60. The Kier molecular flexibility index (Phi) is 5.61. The molecule has 118 valence electrons. The molecule has 0 saturated heterocycles. The van der Waals surface area contributed by atoms with Gasteiger partial charge >= 0.3 is 0 Å². The quantitative estimate of drug-likeness (QED) is 0.855. The van der Waals surface area contributed by atoms with Gasteiger partial charge in [0, 0.05) is 16.2 Å². The van der Waals surface area contributed by atoms with E-state index >= 15 is 0 Å². The monoisotopic (exact) mass is 307 g/mol. The highest BCUT2D eigenvalue weighted by Crippen LogP contribution is 2.44. The Morgan fingerprint density at radius 3 is 2.48 bits per heavy atom. The van der Waals surface area contributed by atoms with Crippen LogP contribution in [0, 0.1) is 11.3 Å². The second-order valence-electron chi connectivity index (χ2n) is 6.85. The van der Waals surface area contributed by atoms with Crippen molar-refractivity contribution in [2.75, 3.05) is 7.11 Å². The smallest absolute Gasteiger partial charge is 0.118 e. The molecule has 3 unspecified atom stereocenters. The molecule has 21 heavy (non-hydrogen) atoms. The summed E-state index contributed by atoms with van der Waals surface area (Å²) in [6.07, 6.45) is 4.91. The molecule has 0 radical (unpaired) electrons. The molecule has 0 aromatic heterocycles. The maximum absolute atomic E-state index is 6.38. The zero-order valence-electron chi connectivity index (χ0n) is 13.8. The van der Waals surface area contributed by atoms with E-state index < -0.39 is 0 Å². The van der Waals surface area contributed by atoms with E-state index in [1.165, 1.54) is 24.2 Å². The molecule has 0 spiro atoms. The van der Waals surface area contributed by atoms with Crippen LogP contribution in [0.1, 0.15) is 46.5 Å². The van der Waals surface area contributed by atoms with Crippen LogP contribution in [0.25, 0.3) is 0 Å². The van der Waals surface area contributed by atoms with Gasteiger partial charge in [0.25, 0.3) is 0 Å². The molecule has 3 heteroatoms. The number of hydrogen-bond donors (Lipinski definition) is 1. The van der Waals surface area contributed by atoms with Crippen molar-refractivity contribution in [1.82, 2.24) is 0 Å². The van der Waals surface area contributed by atoms with E-state index in [0.29, 0.717) is 16.7 Å². The molecule has 0 amide bonds. The van der Waals surface area contributed by atoms with E-state index in [1.54, 1.807) is 7.11 Å². The molecule has 1 aliphatic rings. The van der Waals surface area contributed by atoms with Crippen LogP contribution >= 0.6 is 11.8 Å². The lowest BCUT2D eigenvalue weighted by atomic mass is 9.69. The van der Waals surface area contributed by atoms with Gasteiger partial charge in [-0.15, -0.1) is 11.8 Å². The maximum Gasteiger partial charge on any atom is 0.118 e. The van der Waals surface area contributed by atoms with E-state index in [0.717, 1.165) is 18.1 Å². The third-order valence-electron chi connectivity index (χ3n) is 5.21. The molecule has 2 nitrogen and oxygen atoms in total. The molecule has 1 aliphatic carbocycles. The number of ether oxygens (including phenoxy) is 1. The van der Waals surface area contributed by atoms with Crippen molar-refractivity contribution in [3.05, 3.63) is 24.3 Å². The first kappa shape index (κ1) is 16.7. The van der Waals surface area contributed by atoms with Gasteiger partial charge in [-0.1, -0.05) is 27.2 Å². The van der Waals surface area contributed by atoms with E-state index in [2.05, 4.69) is 32.9 Å². The van der Waals surface area contributed by atoms with Crippen LogP contribution in [0.3, 0.4) is 0 Å². The number of nitrogens with two attached hydrogens (primary N) is 1. The lowest BCUT2D eigenvalue weighted by molar-refractivity contribution is 0.148. The van der Waals surface area contributed by atoms with Gasteiger partial charge in [0.05, 0.1) is 7.11 Å². The van der Waals surface area contributed by atoms with Gasteiger partial charge in [-0.25, -0.2) is 0 Å². The zero-order valence-corrected chi connectivity index (χ0v) is 14.6. The highest BCUT2D eigenvalue weighted by molar-refractivity contribution is 8.00. The molecule has 2 N–H and O–H groups in total. The molecule has 0 bridgehead atoms. The summed E-state index contributed by atoms with van der Waals surface area (Å²) in [5.74, 6) is 1.70. The summed E-state index contributed by atoms with van der Waals surface area (Å²) in [4.78, 5) is 1.30. The summed E-state index contributed by atoms with van der Waals surface area (Å²) in [7, 11) is 1.70. The van der Waals surface area contributed by atoms with Gasteiger partial charge < -0.3 is 10.5 Å². The van der Waals surface area contributed by atoms with Crippen LogP contribution < -0.4 is 10.5 Å². The molecule has 1 fully saturated rings. The number of methoxy groups -OCH3 is 1. The Hall–Kier alpha value is -0.670. The second-order valence-corrected chi connectivity index (χ2v) is 8.16. The molecule has 2 rings (SSSR count). The van der Waals surface area contributed by atoms with Crippen molar-refractivity contribution in [2.45, 2.75) is 62.6 Å². The average molecular weight is 308 g/mol. The van der Waals surface area contributed by atoms with E-state index in [9.17, 15) is 0 Å². The summed E-state index contributed by atoms with van der Waals surface area (Å²) in [6, 6.07) is 8.67. The lowest BCUT2D eigenvalue weighted by Gasteiger charge is -2.41. The molecule has 1 saturated carbocycles. The Balaban J connectivity index is 2.03. The SMILES string of the molecule is CCC(C)(C)C1CCC(N)C(Sc2ccc(OC)cc2)C1. The van der Waals surface area contributed by atoms with E-state index in [-0.39, 0.29) is 0 Å². The first-order valence-electron chi connectivity index (χ1n) is 8.02. The Bertz CT molecular complexity index is 443. The highest BCUT2D eigenvalue weighted by Gasteiger charge is 2.36. The van der Waals surface area contributed by atoms with Gasteiger partial charge in [0.15, 0.2) is 0 Å².